The van der Waals surface area contributed by atoms with Gasteiger partial charge in [0.1, 0.15) is 24.6 Å². The number of anilines is 3. The number of oxime groups is 1. The zero-order chi connectivity index (χ0) is 21.6. The van der Waals surface area contributed by atoms with Gasteiger partial charge in [0.15, 0.2) is 0 Å². The molecule has 31 heavy (non-hydrogen) atoms. The largest absolute Gasteiger partial charge is 0.396 e. The number of nitrogens with zero attached hydrogens (tertiary/aromatic N) is 6. The Labute approximate surface area is 178 Å². The molecule has 0 amide bonds. The molecule has 2 aromatic carbocycles. The summed E-state index contributed by atoms with van der Waals surface area (Å²) in [4.78, 5) is 13.3. The van der Waals surface area contributed by atoms with E-state index in [9.17, 15) is 0 Å². The molecule has 4 rings (SSSR count). The van der Waals surface area contributed by atoms with Crippen molar-refractivity contribution in [2.24, 2.45) is 5.16 Å². The Bertz CT molecular complexity index is 1290. The van der Waals surface area contributed by atoms with Crippen molar-refractivity contribution in [1.82, 2.24) is 19.7 Å². The number of nitriles is 1. The minimum Gasteiger partial charge on any atom is -0.396 e. The molecule has 2 aromatic heterocycles. The summed E-state index contributed by atoms with van der Waals surface area (Å²) in [6, 6.07) is 15.6. The summed E-state index contributed by atoms with van der Waals surface area (Å²) >= 11 is 0. The quantitative estimate of drug-likeness (QED) is 0.351. The van der Waals surface area contributed by atoms with Gasteiger partial charge in [-0.2, -0.15) is 10.4 Å². The van der Waals surface area contributed by atoms with E-state index in [1.165, 1.54) is 12.5 Å². The highest BCUT2D eigenvalue weighted by Crippen LogP contribution is 2.24. The minimum absolute atomic E-state index is 0.300. The Kier molecular flexibility index (Phi) is 5.71. The molecule has 9 heteroatoms. The highest BCUT2D eigenvalue weighted by molar-refractivity contribution is 5.93. The molecule has 9 nitrogen and oxygen atoms in total. The fourth-order valence-electron chi connectivity index (χ4n) is 3.14. The van der Waals surface area contributed by atoms with E-state index in [0.29, 0.717) is 35.9 Å². The standard InChI is InChI=1S/C22H20N8O/c1-2-31-28-12-19-21(24)25-14-26-22(19)29-18-6-7-20-17(9-18)11-27-30(20)13-16-5-3-4-15(8-16)10-23/h3-9,11-12,14H,2,13H2,1H3,(H3,24,25,26,29)/b28-12+. The molecule has 0 aliphatic heterocycles. The first-order valence-corrected chi connectivity index (χ1v) is 9.65. The summed E-state index contributed by atoms with van der Waals surface area (Å²) in [5, 5.41) is 21.7. The van der Waals surface area contributed by atoms with Crippen molar-refractivity contribution in [3.8, 4) is 6.07 Å². The number of fused-ring (bicyclic) bond motifs is 1. The first-order chi connectivity index (χ1) is 15.2. The Morgan fingerprint density at radius 3 is 3.00 bits per heavy atom. The molecular formula is C22H20N8O. The molecule has 0 aliphatic rings. The smallest absolute Gasteiger partial charge is 0.144 e. The predicted molar refractivity (Wildman–Crippen MR) is 119 cm³/mol. The average molecular weight is 412 g/mol. The highest BCUT2D eigenvalue weighted by Gasteiger charge is 2.10. The maximum absolute atomic E-state index is 9.10. The second kappa shape index (κ2) is 8.92. The molecule has 3 N–H and O–H groups in total. The zero-order valence-electron chi connectivity index (χ0n) is 16.9. The third-order valence-electron chi connectivity index (χ3n) is 4.59. The Balaban J connectivity index is 1.59. The lowest BCUT2D eigenvalue weighted by molar-refractivity contribution is 0.160. The van der Waals surface area contributed by atoms with E-state index >= 15 is 0 Å². The van der Waals surface area contributed by atoms with Crippen molar-refractivity contribution in [3.63, 3.8) is 0 Å². The van der Waals surface area contributed by atoms with Crippen molar-refractivity contribution in [2.75, 3.05) is 17.7 Å². The molecule has 0 unspecified atom stereocenters. The Hall–Kier alpha value is -4.45. The molecule has 0 radical (unpaired) electrons. The number of rotatable bonds is 7. The van der Waals surface area contributed by atoms with Crippen LogP contribution in [-0.2, 0) is 11.4 Å². The van der Waals surface area contributed by atoms with E-state index in [1.807, 2.05) is 48.0 Å². The minimum atomic E-state index is 0.300. The molecule has 4 aromatic rings. The van der Waals surface area contributed by atoms with Crippen molar-refractivity contribution >= 4 is 34.4 Å². The maximum Gasteiger partial charge on any atom is 0.144 e. The van der Waals surface area contributed by atoms with Crippen LogP contribution in [0, 0.1) is 11.3 Å². The van der Waals surface area contributed by atoms with Crippen LogP contribution in [0.15, 0.2) is 60.1 Å². The van der Waals surface area contributed by atoms with Gasteiger partial charge in [-0.3, -0.25) is 4.68 Å². The third-order valence-corrected chi connectivity index (χ3v) is 4.59. The lowest BCUT2D eigenvalue weighted by Crippen LogP contribution is -2.05. The summed E-state index contributed by atoms with van der Waals surface area (Å²) in [6.45, 7) is 2.87. The molecule has 0 saturated heterocycles. The SMILES string of the molecule is CCO/N=C/c1c(N)ncnc1Nc1ccc2c(cnn2Cc2cccc(C#N)c2)c1. The van der Waals surface area contributed by atoms with Crippen LogP contribution in [0.3, 0.4) is 0 Å². The van der Waals surface area contributed by atoms with Crippen LogP contribution >= 0.6 is 0 Å². The van der Waals surface area contributed by atoms with E-state index in [2.05, 4.69) is 31.6 Å². The summed E-state index contributed by atoms with van der Waals surface area (Å²) in [5.41, 5.74) is 9.97. The summed E-state index contributed by atoms with van der Waals surface area (Å²) in [6.07, 6.45) is 4.69. The van der Waals surface area contributed by atoms with Gasteiger partial charge < -0.3 is 15.9 Å². The van der Waals surface area contributed by atoms with Crippen molar-refractivity contribution in [1.29, 1.82) is 5.26 Å². The number of nitrogens with two attached hydrogens (primary N) is 1. The predicted octanol–water partition coefficient (Wildman–Crippen LogP) is 3.44. The molecule has 0 saturated carbocycles. The van der Waals surface area contributed by atoms with Crippen LogP contribution in [0.5, 0.6) is 0 Å². The second-order valence-electron chi connectivity index (χ2n) is 6.69. The van der Waals surface area contributed by atoms with Gasteiger partial charge in [0.25, 0.3) is 0 Å². The molecule has 0 aliphatic carbocycles. The maximum atomic E-state index is 9.10. The molecule has 0 atom stereocenters. The topological polar surface area (TPSA) is 127 Å². The molecule has 154 valence electrons. The highest BCUT2D eigenvalue weighted by atomic mass is 16.6. The molecule has 0 fully saturated rings. The Morgan fingerprint density at radius 2 is 2.16 bits per heavy atom. The number of aromatic nitrogens is 4. The monoisotopic (exact) mass is 412 g/mol. The number of nitrogens with one attached hydrogen (secondary N) is 1. The zero-order valence-corrected chi connectivity index (χ0v) is 16.9. The summed E-state index contributed by atoms with van der Waals surface area (Å²) in [5.74, 6) is 0.825. The molecular weight excluding hydrogens is 392 g/mol. The molecule has 2 heterocycles. The third kappa shape index (κ3) is 4.43. The first kappa shape index (κ1) is 19.8. The van der Waals surface area contributed by atoms with Gasteiger partial charge in [-0.25, -0.2) is 9.97 Å². The van der Waals surface area contributed by atoms with Crippen LogP contribution in [0.2, 0.25) is 0 Å². The fraction of sp³-hybridized carbons (Fsp3) is 0.136. The number of benzene rings is 2. The van der Waals surface area contributed by atoms with Crippen molar-refractivity contribution < 1.29 is 4.84 Å². The van der Waals surface area contributed by atoms with Crippen LogP contribution < -0.4 is 11.1 Å². The van der Waals surface area contributed by atoms with Gasteiger partial charge in [-0.1, -0.05) is 17.3 Å². The van der Waals surface area contributed by atoms with E-state index in [-0.39, 0.29) is 0 Å². The molecule has 0 bridgehead atoms. The lowest BCUT2D eigenvalue weighted by atomic mass is 10.1. The van der Waals surface area contributed by atoms with Gasteiger partial charge in [0.05, 0.1) is 41.7 Å². The van der Waals surface area contributed by atoms with Crippen molar-refractivity contribution in [2.45, 2.75) is 13.5 Å². The van der Waals surface area contributed by atoms with Crippen LogP contribution in [-0.4, -0.2) is 32.6 Å². The Morgan fingerprint density at radius 1 is 1.26 bits per heavy atom. The average Bonchev–Trinajstić information content (AvgIpc) is 3.18. The summed E-state index contributed by atoms with van der Waals surface area (Å²) in [7, 11) is 0. The van der Waals surface area contributed by atoms with Crippen LogP contribution in [0.25, 0.3) is 10.9 Å². The van der Waals surface area contributed by atoms with E-state index in [4.69, 9.17) is 15.8 Å². The van der Waals surface area contributed by atoms with Crippen molar-refractivity contribution in [3.05, 3.63) is 71.7 Å². The van der Waals surface area contributed by atoms with E-state index in [1.54, 1.807) is 12.3 Å². The fourth-order valence-corrected chi connectivity index (χ4v) is 3.14. The number of nitrogen functional groups attached to an aromatic ring is 1. The van der Waals surface area contributed by atoms with Crippen LogP contribution in [0.4, 0.5) is 17.3 Å². The van der Waals surface area contributed by atoms with E-state index in [0.717, 1.165) is 22.2 Å². The van der Waals surface area contributed by atoms with Gasteiger partial charge in [-0.15, -0.1) is 0 Å². The first-order valence-electron chi connectivity index (χ1n) is 9.65. The van der Waals surface area contributed by atoms with Gasteiger partial charge in [-0.05, 0) is 42.8 Å². The van der Waals surface area contributed by atoms with Gasteiger partial charge in [0.2, 0.25) is 0 Å². The second-order valence-corrected chi connectivity index (χ2v) is 6.69. The van der Waals surface area contributed by atoms with Gasteiger partial charge >= 0.3 is 0 Å². The number of hydrogen-bond donors (Lipinski definition) is 2. The molecule has 0 spiro atoms. The van der Waals surface area contributed by atoms with Crippen LogP contribution in [0.1, 0.15) is 23.6 Å². The summed E-state index contributed by atoms with van der Waals surface area (Å²) < 4.78 is 1.90. The normalized spacial score (nSPS) is 11.0. The van der Waals surface area contributed by atoms with E-state index < -0.39 is 0 Å². The lowest BCUT2D eigenvalue weighted by Gasteiger charge is -2.10. The van der Waals surface area contributed by atoms with Gasteiger partial charge in [0, 0.05) is 11.1 Å². The number of hydrogen-bond acceptors (Lipinski definition) is 8.